The summed E-state index contributed by atoms with van der Waals surface area (Å²) < 4.78 is 33.9. The molecule has 5 nitrogen and oxygen atoms in total. The fourth-order valence-corrected chi connectivity index (χ4v) is 4.25. The van der Waals surface area contributed by atoms with Crippen molar-refractivity contribution in [1.82, 2.24) is 0 Å². The minimum Gasteiger partial charge on any atom is -0.465 e. The fraction of sp³-hybridized carbons (Fsp3) is 0.278. The lowest BCUT2D eigenvalue weighted by Crippen LogP contribution is -2.19. The van der Waals surface area contributed by atoms with Gasteiger partial charge in [-0.1, -0.05) is 48.0 Å². The molecule has 0 fully saturated rings. The van der Waals surface area contributed by atoms with E-state index < -0.39 is 16.0 Å². The Kier molecular flexibility index (Phi) is 6.24. The topological polar surface area (TPSA) is 72.5 Å². The van der Waals surface area contributed by atoms with Gasteiger partial charge in [0.15, 0.2) is 0 Å². The summed E-state index contributed by atoms with van der Waals surface area (Å²) in [7, 11) is -2.74. The minimum atomic E-state index is -3.95. The zero-order valence-corrected chi connectivity index (χ0v) is 16.7. The molecular weight excluding hydrogens is 406 g/mol. The van der Waals surface area contributed by atoms with E-state index in [1.807, 2.05) is 32.0 Å². The van der Waals surface area contributed by atoms with E-state index in [2.05, 4.69) is 20.7 Å². The van der Waals surface area contributed by atoms with Gasteiger partial charge in [0.25, 0.3) is 10.0 Å². The normalized spacial score (nSPS) is 11.2. The largest absolute Gasteiger partial charge is 0.465 e. The van der Waals surface area contributed by atoms with Crippen molar-refractivity contribution in [2.45, 2.75) is 31.6 Å². The second-order valence-electron chi connectivity index (χ2n) is 5.40. The number of carbonyl (C=O) groups excluding carboxylic acids is 1. The molecule has 134 valence electrons. The standard InChI is InChI=1S/C18H20BrNO4S/c1-4-12-7-6-8-13(5-2)17(12)20-25(22,23)16-10-9-14(19)11-15(16)18(21)24-3/h6-11,20H,4-5H2,1-3H3. The summed E-state index contributed by atoms with van der Waals surface area (Å²) in [6.07, 6.45) is 1.38. The fourth-order valence-electron chi connectivity index (χ4n) is 2.57. The van der Waals surface area contributed by atoms with Crippen LogP contribution in [0.25, 0.3) is 0 Å². The minimum absolute atomic E-state index is 0.0172. The van der Waals surface area contributed by atoms with E-state index >= 15 is 0 Å². The van der Waals surface area contributed by atoms with Crippen LogP contribution in [0, 0.1) is 0 Å². The van der Waals surface area contributed by atoms with Crippen molar-refractivity contribution in [3.8, 4) is 0 Å². The van der Waals surface area contributed by atoms with Crippen LogP contribution in [0.2, 0.25) is 0 Å². The Labute approximate surface area is 156 Å². The number of para-hydroxylation sites is 1. The maximum Gasteiger partial charge on any atom is 0.339 e. The third-order valence-corrected chi connectivity index (χ3v) is 5.77. The molecule has 2 aromatic rings. The lowest BCUT2D eigenvalue weighted by atomic mass is 10.0. The highest BCUT2D eigenvalue weighted by atomic mass is 79.9. The molecule has 0 aliphatic rings. The van der Waals surface area contributed by atoms with Gasteiger partial charge in [-0.2, -0.15) is 0 Å². The average molecular weight is 426 g/mol. The van der Waals surface area contributed by atoms with Gasteiger partial charge >= 0.3 is 5.97 Å². The molecule has 1 N–H and O–H groups in total. The second kappa shape index (κ2) is 8.01. The number of aryl methyl sites for hydroxylation is 2. The molecule has 0 saturated carbocycles. The third-order valence-electron chi connectivity index (χ3n) is 3.87. The van der Waals surface area contributed by atoms with Crippen LogP contribution in [-0.4, -0.2) is 21.5 Å². The molecule has 25 heavy (non-hydrogen) atoms. The molecule has 0 heterocycles. The number of sulfonamides is 1. The van der Waals surface area contributed by atoms with Gasteiger partial charge < -0.3 is 4.74 Å². The summed E-state index contributed by atoms with van der Waals surface area (Å²) >= 11 is 3.25. The Hall–Kier alpha value is -1.86. The van der Waals surface area contributed by atoms with Gasteiger partial charge in [0.2, 0.25) is 0 Å². The average Bonchev–Trinajstić information content (AvgIpc) is 2.60. The van der Waals surface area contributed by atoms with Crippen LogP contribution in [0.5, 0.6) is 0 Å². The summed E-state index contributed by atoms with van der Waals surface area (Å²) in [6.45, 7) is 3.93. The number of hydrogen-bond acceptors (Lipinski definition) is 4. The van der Waals surface area contributed by atoms with Crippen LogP contribution in [0.1, 0.15) is 35.3 Å². The number of esters is 1. The molecule has 0 aliphatic carbocycles. The predicted molar refractivity (Wildman–Crippen MR) is 101 cm³/mol. The highest BCUT2D eigenvalue weighted by Gasteiger charge is 2.25. The Balaban J connectivity index is 2.57. The van der Waals surface area contributed by atoms with Gasteiger partial charge in [0.1, 0.15) is 4.90 Å². The second-order valence-corrected chi connectivity index (χ2v) is 7.96. The summed E-state index contributed by atoms with van der Waals surface area (Å²) in [4.78, 5) is 11.9. The van der Waals surface area contributed by atoms with Gasteiger partial charge in [0.05, 0.1) is 18.4 Å². The molecule has 2 aromatic carbocycles. The molecule has 0 aliphatic heterocycles. The number of rotatable bonds is 6. The highest BCUT2D eigenvalue weighted by molar-refractivity contribution is 9.10. The highest BCUT2D eigenvalue weighted by Crippen LogP contribution is 2.28. The summed E-state index contributed by atoms with van der Waals surface area (Å²) in [5, 5.41) is 0. The van der Waals surface area contributed by atoms with Gasteiger partial charge in [-0.3, -0.25) is 4.72 Å². The zero-order chi connectivity index (χ0) is 18.6. The third kappa shape index (κ3) is 4.22. The summed E-state index contributed by atoms with van der Waals surface area (Å²) in [5.74, 6) is -0.707. The lowest BCUT2D eigenvalue weighted by Gasteiger charge is -2.17. The summed E-state index contributed by atoms with van der Waals surface area (Å²) in [6, 6.07) is 10.1. The number of anilines is 1. The van der Waals surface area contributed by atoms with Crippen LogP contribution >= 0.6 is 15.9 Å². The molecule has 0 saturated heterocycles. The number of ether oxygens (including phenoxy) is 1. The van der Waals surface area contributed by atoms with Crippen LogP contribution in [0.3, 0.4) is 0 Å². The first-order chi connectivity index (χ1) is 11.8. The molecule has 0 aromatic heterocycles. The first-order valence-corrected chi connectivity index (χ1v) is 10.1. The number of methoxy groups -OCH3 is 1. The van der Waals surface area contributed by atoms with Crippen molar-refractivity contribution < 1.29 is 17.9 Å². The molecule has 0 amide bonds. The lowest BCUT2D eigenvalue weighted by molar-refractivity contribution is 0.0596. The van der Waals surface area contributed by atoms with Gasteiger partial charge in [-0.25, -0.2) is 13.2 Å². The monoisotopic (exact) mass is 425 g/mol. The van der Waals surface area contributed by atoms with Gasteiger partial charge in [-0.05, 0) is 42.2 Å². The first-order valence-electron chi connectivity index (χ1n) is 7.85. The van der Waals surface area contributed by atoms with Crippen molar-refractivity contribution in [3.63, 3.8) is 0 Å². The molecule has 2 rings (SSSR count). The van der Waals surface area contributed by atoms with Gasteiger partial charge in [-0.15, -0.1) is 0 Å². The van der Waals surface area contributed by atoms with E-state index in [0.717, 1.165) is 11.1 Å². The molecule has 0 spiro atoms. The summed E-state index contributed by atoms with van der Waals surface area (Å²) in [5.41, 5.74) is 2.36. The number of carbonyl (C=O) groups is 1. The maximum absolute atomic E-state index is 13.0. The maximum atomic E-state index is 13.0. The van der Waals surface area contributed by atoms with Crippen LogP contribution in [0.4, 0.5) is 5.69 Å². The number of benzene rings is 2. The van der Waals surface area contributed by atoms with E-state index in [-0.39, 0.29) is 10.5 Å². The molecule has 0 bridgehead atoms. The smallest absolute Gasteiger partial charge is 0.339 e. The number of nitrogens with one attached hydrogen (secondary N) is 1. The molecule has 0 unspecified atom stereocenters. The van der Waals surface area contributed by atoms with Crippen molar-refractivity contribution in [2.24, 2.45) is 0 Å². The Morgan fingerprint density at radius 2 is 1.72 bits per heavy atom. The van der Waals surface area contributed by atoms with Crippen molar-refractivity contribution in [2.75, 3.05) is 11.8 Å². The van der Waals surface area contributed by atoms with E-state index in [4.69, 9.17) is 4.74 Å². The Bertz CT molecular complexity index is 872. The van der Waals surface area contributed by atoms with Crippen molar-refractivity contribution in [1.29, 1.82) is 0 Å². The Morgan fingerprint density at radius 3 is 2.24 bits per heavy atom. The molecular formula is C18H20BrNO4S. The number of hydrogen-bond donors (Lipinski definition) is 1. The van der Waals surface area contributed by atoms with E-state index in [1.54, 1.807) is 6.07 Å². The van der Waals surface area contributed by atoms with Crippen LogP contribution < -0.4 is 4.72 Å². The number of halogens is 1. The van der Waals surface area contributed by atoms with E-state index in [1.165, 1.54) is 19.2 Å². The van der Waals surface area contributed by atoms with Crippen molar-refractivity contribution in [3.05, 3.63) is 57.6 Å². The van der Waals surface area contributed by atoms with Crippen LogP contribution in [0.15, 0.2) is 45.8 Å². The SMILES string of the molecule is CCc1cccc(CC)c1NS(=O)(=O)c1ccc(Br)cc1C(=O)OC. The van der Waals surface area contributed by atoms with E-state index in [0.29, 0.717) is 23.0 Å². The Morgan fingerprint density at radius 1 is 1.12 bits per heavy atom. The van der Waals surface area contributed by atoms with Crippen LogP contribution in [-0.2, 0) is 27.6 Å². The van der Waals surface area contributed by atoms with E-state index in [9.17, 15) is 13.2 Å². The zero-order valence-electron chi connectivity index (χ0n) is 14.3. The van der Waals surface area contributed by atoms with Crippen molar-refractivity contribution >= 4 is 37.6 Å². The first kappa shape index (κ1) is 19.5. The quantitative estimate of drug-likeness (QED) is 0.705. The molecule has 7 heteroatoms. The predicted octanol–water partition coefficient (Wildman–Crippen LogP) is 4.16. The van der Waals surface area contributed by atoms with Gasteiger partial charge in [0, 0.05) is 4.47 Å². The molecule has 0 radical (unpaired) electrons. The molecule has 0 atom stereocenters.